The minimum absolute atomic E-state index is 0.0117. The highest BCUT2D eigenvalue weighted by atomic mass is 32.1. The van der Waals surface area contributed by atoms with Crippen molar-refractivity contribution >= 4 is 16.5 Å². The predicted octanol–water partition coefficient (Wildman–Crippen LogP) is 3.45. The lowest BCUT2D eigenvalue weighted by Crippen LogP contribution is -2.22. The Morgan fingerprint density at radius 3 is 2.55 bits per heavy atom. The van der Waals surface area contributed by atoms with Crippen LogP contribution in [0.1, 0.15) is 39.3 Å². The van der Waals surface area contributed by atoms with E-state index in [1.54, 1.807) is 4.57 Å². The lowest BCUT2D eigenvalue weighted by Gasteiger charge is -2.12. The zero-order chi connectivity index (χ0) is 14.9. The molecule has 0 aliphatic heterocycles. The SMILES string of the molecule is CC(C)Nc1nc(-c2ccc(C(C)C)n(C)c2=O)cs1. The van der Waals surface area contributed by atoms with Crippen LogP contribution in [0, 0.1) is 0 Å². The van der Waals surface area contributed by atoms with Crippen LogP contribution >= 0.6 is 11.3 Å². The zero-order valence-corrected chi connectivity index (χ0v) is 13.4. The van der Waals surface area contributed by atoms with Crippen LogP contribution in [0.4, 0.5) is 5.13 Å². The first-order valence-electron chi connectivity index (χ1n) is 6.82. The van der Waals surface area contributed by atoms with E-state index in [4.69, 9.17) is 0 Å². The minimum Gasteiger partial charge on any atom is -0.359 e. The van der Waals surface area contributed by atoms with Crippen molar-refractivity contribution in [3.05, 3.63) is 33.6 Å². The lowest BCUT2D eigenvalue weighted by atomic mass is 10.1. The first-order chi connectivity index (χ1) is 9.40. The van der Waals surface area contributed by atoms with Gasteiger partial charge in [0.25, 0.3) is 5.56 Å². The summed E-state index contributed by atoms with van der Waals surface area (Å²) in [5.41, 5.74) is 2.45. The predicted molar refractivity (Wildman–Crippen MR) is 85.6 cm³/mol. The summed E-state index contributed by atoms with van der Waals surface area (Å²) < 4.78 is 1.72. The normalized spacial score (nSPS) is 11.3. The molecule has 2 heterocycles. The number of anilines is 1. The fourth-order valence-electron chi connectivity index (χ4n) is 2.14. The number of hydrogen-bond acceptors (Lipinski definition) is 4. The molecule has 0 aromatic carbocycles. The number of nitrogens with zero attached hydrogens (tertiary/aromatic N) is 2. The van der Waals surface area contributed by atoms with Gasteiger partial charge in [0.1, 0.15) is 0 Å². The summed E-state index contributed by atoms with van der Waals surface area (Å²) in [6.07, 6.45) is 0. The summed E-state index contributed by atoms with van der Waals surface area (Å²) in [7, 11) is 1.82. The summed E-state index contributed by atoms with van der Waals surface area (Å²) >= 11 is 1.53. The molecule has 5 heteroatoms. The maximum Gasteiger partial charge on any atom is 0.259 e. The maximum absolute atomic E-state index is 12.4. The van der Waals surface area contributed by atoms with Gasteiger partial charge in [0, 0.05) is 24.2 Å². The number of hydrogen-bond donors (Lipinski definition) is 1. The van der Waals surface area contributed by atoms with Gasteiger partial charge in [0.15, 0.2) is 5.13 Å². The van der Waals surface area contributed by atoms with Crippen LogP contribution < -0.4 is 10.9 Å². The molecule has 0 aliphatic rings. The highest BCUT2D eigenvalue weighted by Gasteiger charge is 2.13. The van der Waals surface area contributed by atoms with E-state index in [9.17, 15) is 4.79 Å². The summed E-state index contributed by atoms with van der Waals surface area (Å²) in [5.74, 6) is 0.329. The second-order valence-electron chi connectivity index (χ2n) is 5.53. The molecule has 2 aromatic rings. The molecule has 0 atom stereocenters. The first kappa shape index (κ1) is 14.8. The molecule has 4 nitrogen and oxygen atoms in total. The Balaban J connectivity index is 2.41. The van der Waals surface area contributed by atoms with Crippen LogP contribution in [0.15, 0.2) is 22.3 Å². The minimum atomic E-state index is 0.0117. The van der Waals surface area contributed by atoms with Crippen molar-refractivity contribution in [3.8, 4) is 11.3 Å². The Morgan fingerprint density at radius 2 is 1.95 bits per heavy atom. The van der Waals surface area contributed by atoms with Crippen LogP contribution in [0.5, 0.6) is 0 Å². The Morgan fingerprint density at radius 1 is 1.25 bits per heavy atom. The van der Waals surface area contributed by atoms with Crippen LogP contribution in [0.2, 0.25) is 0 Å². The van der Waals surface area contributed by atoms with E-state index in [0.717, 1.165) is 16.5 Å². The highest BCUT2D eigenvalue weighted by Crippen LogP contribution is 2.24. The van der Waals surface area contributed by atoms with E-state index in [1.165, 1.54) is 11.3 Å². The molecule has 1 N–H and O–H groups in total. The molecule has 0 spiro atoms. The molecule has 0 amide bonds. The third-order valence-corrected chi connectivity index (χ3v) is 3.90. The molecule has 0 fully saturated rings. The van der Waals surface area contributed by atoms with Crippen molar-refractivity contribution in [3.63, 3.8) is 0 Å². The quantitative estimate of drug-likeness (QED) is 0.938. The van der Waals surface area contributed by atoms with E-state index >= 15 is 0 Å². The summed E-state index contributed by atoms with van der Waals surface area (Å²) in [6, 6.07) is 4.22. The summed E-state index contributed by atoms with van der Waals surface area (Å²) in [5, 5.41) is 6.04. The second-order valence-corrected chi connectivity index (χ2v) is 6.39. The van der Waals surface area contributed by atoms with Gasteiger partial charge in [0.05, 0.1) is 11.3 Å². The Labute approximate surface area is 123 Å². The number of nitrogens with one attached hydrogen (secondary N) is 1. The molecule has 108 valence electrons. The van der Waals surface area contributed by atoms with Crippen molar-refractivity contribution in [1.29, 1.82) is 0 Å². The van der Waals surface area contributed by atoms with Crippen LogP contribution in [0.3, 0.4) is 0 Å². The number of thiazole rings is 1. The Hall–Kier alpha value is -1.62. The third kappa shape index (κ3) is 2.93. The molecule has 0 bridgehead atoms. The van der Waals surface area contributed by atoms with E-state index in [0.29, 0.717) is 17.5 Å². The fourth-order valence-corrected chi connectivity index (χ4v) is 2.99. The summed E-state index contributed by atoms with van der Waals surface area (Å²) in [6.45, 7) is 8.30. The molecule has 0 radical (unpaired) electrons. The van der Waals surface area contributed by atoms with Crippen molar-refractivity contribution in [2.75, 3.05) is 5.32 Å². The third-order valence-electron chi connectivity index (χ3n) is 3.13. The first-order valence-corrected chi connectivity index (χ1v) is 7.70. The van der Waals surface area contributed by atoms with Gasteiger partial charge in [-0.25, -0.2) is 4.98 Å². The number of aromatic nitrogens is 2. The zero-order valence-electron chi connectivity index (χ0n) is 12.6. The van der Waals surface area contributed by atoms with Crippen molar-refractivity contribution < 1.29 is 0 Å². The molecular formula is C15H21N3OS. The molecule has 0 aliphatic carbocycles. The average Bonchev–Trinajstić information content (AvgIpc) is 2.79. The van der Waals surface area contributed by atoms with Crippen molar-refractivity contribution in [1.82, 2.24) is 9.55 Å². The van der Waals surface area contributed by atoms with Crippen molar-refractivity contribution in [2.24, 2.45) is 7.05 Å². The fraction of sp³-hybridized carbons (Fsp3) is 0.467. The topological polar surface area (TPSA) is 46.9 Å². The van der Waals surface area contributed by atoms with E-state index in [1.807, 2.05) is 24.6 Å². The average molecular weight is 291 g/mol. The van der Waals surface area contributed by atoms with Gasteiger partial charge < -0.3 is 9.88 Å². The van der Waals surface area contributed by atoms with Gasteiger partial charge in [-0.05, 0) is 31.9 Å². The van der Waals surface area contributed by atoms with Crippen LogP contribution in [-0.4, -0.2) is 15.6 Å². The Bertz CT molecular complexity index is 655. The number of pyridine rings is 1. The second kappa shape index (κ2) is 5.79. The van der Waals surface area contributed by atoms with E-state index in [2.05, 4.69) is 38.0 Å². The van der Waals surface area contributed by atoms with E-state index < -0.39 is 0 Å². The van der Waals surface area contributed by atoms with Gasteiger partial charge in [-0.2, -0.15) is 0 Å². The van der Waals surface area contributed by atoms with E-state index in [-0.39, 0.29) is 5.56 Å². The van der Waals surface area contributed by atoms with Crippen molar-refractivity contribution in [2.45, 2.75) is 39.7 Å². The van der Waals surface area contributed by atoms with Gasteiger partial charge in [0.2, 0.25) is 0 Å². The molecule has 0 unspecified atom stereocenters. The van der Waals surface area contributed by atoms with Crippen LogP contribution in [-0.2, 0) is 7.05 Å². The molecule has 0 saturated heterocycles. The lowest BCUT2D eigenvalue weighted by molar-refractivity contribution is 0.708. The molecule has 20 heavy (non-hydrogen) atoms. The van der Waals surface area contributed by atoms with Gasteiger partial charge in [-0.15, -0.1) is 11.3 Å². The molecular weight excluding hydrogens is 270 g/mol. The largest absolute Gasteiger partial charge is 0.359 e. The maximum atomic E-state index is 12.4. The van der Waals surface area contributed by atoms with Crippen LogP contribution in [0.25, 0.3) is 11.3 Å². The standard InChI is InChI=1S/C15H21N3OS/c1-9(2)13-7-6-11(14(19)18(13)5)12-8-20-15(17-12)16-10(3)4/h6-10H,1-5H3,(H,16,17). The molecule has 0 saturated carbocycles. The smallest absolute Gasteiger partial charge is 0.259 e. The number of rotatable bonds is 4. The highest BCUT2D eigenvalue weighted by molar-refractivity contribution is 7.14. The summed E-state index contributed by atoms with van der Waals surface area (Å²) in [4.78, 5) is 16.9. The monoisotopic (exact) mass is 291 g/mol. The van der Waals surface area contributed by atoms with Gasteiger partial charge in [-0.1, -0.05) is 13.8 Å². The van der Waals surface area contributed by atoms with Gasteiger partial charge in [-0.3, -0.25) is 4.79 Å². The Kier molecular flexibility index (Phi) is 4.28. The molecule has 2 aromatic heterocycles. The van der Waals surface area contributed by atoms with Gasteiger partial charge >= 0.3 is 0 Å². The molecule has 2 rings (SSSR count).